The van der Waals surface area contributed by atoms with Gasteiger partial charge >= 0.3 is 5.97 Å². The summed E-state index contributed by atoms with van der Waals surface area (Å²) < 4.78 is 4.91. The normalized spacial score (nSPS) is 34.0. The molecule has 4 aliphatic carbocycles. The number of H-pyrrole nitrogens is 1. The lowest BCUT2D eigenvalue weighted by Crippen LogP contribution is -2.57. The van der Waals surface area contributed by atoms with E-state index in [1.165, 1.54) is 13.5 Å². The summed E-state index contributed by atoms with van der Waals surface area (Å²) in [6.45, 7) is 0. The number of hydrogen-bond acceptors (Lipinski definition) is 3. The smallest absolute Gasteiger partial charge is 0.356 e. The van der Waals surface area contributed by atoms with Crippen LogP contribution in [0.2, 0.25) is 0 Å². The van der Waals surface area contributed by atoms with E-state index in [4.69, 9.17) is 16.3 Å². The molecule has 5 nitrogen and oxygen atoms in total. The van der Waals surface area contributed by atoms with Crippen LogP contribution in [0.3, 0.4) is 0 Å². The molecule has 2 N–H and O–H groups in total. The molecule has 1 amide bonds. The van der Waals surface area contributed by atoms with Gasteiger partial charge in [-0.05, 0) is 56.4 Å². The van der Waals surface area contributed by atoms with Crippen LogP contribution < -0.4 is 5.32 Å². The Hall–Kier alpha value is -2.01. The van der Waals surface area contributed by atoms with E-state index < -0.39 is 11.4 Å². The number of alkyl halides is 1. The van der Waals surface area contributed by atoms with Crippen molar-refractivity contribution in [1.29, 1.82) is 0 Å². The van der Waals surface area contributed by atoms with Gasteiger partial charge in [-0.25, -0.2) is 4.79 Å². The molecule has 2 aromatic rings. The van der Waals surface area contributed by atoms with Gasteiger partial charge in [-0.3, -0.25) is 4.79 Å². The predicted molar refractivity (Wildman–Crippen MR) is 104 cm³/mol. The second-order valence-electron chi connectivity index (χ2n) is 8.76. The minimum absolute atomic E-state index is 0.00321. The van der Waals surface area contributed by atoms with Crippen molar-refractivity contribution < 1.29 is 14.3 Å². The van der Waals surface area contributed by atoms with Crippen LogP contribution in [-0.2, 0) is 9.53 Å². The zero-order valence-electron chi connectivity index (χ0n) is 15.3. The minimum atomic E-state index is -0.485. The lowest BCUT2D eigenvalue weighted by molar-refractivity contribution is -0.138. The van der Waals surface area contributed by atoms with Gasteiger partial charge < -0.3 is 15.0 Å². The summed E-state index contributed by atoms with van der Waals surface area (Å²) in [6, 6.07) is 7.57. The van der Waals surface area contributed by atoms with Gasteiger partial charge in [0.25, 0.3) is 0 Å². The Labute approximate surface area is 162 Å². The first-order valence-electron chi connectivity index (χ1n) is 9.61. The molecule has 6 heteroatoms. The van der Waals surface area contributed by atoms with Crippen LogP contribution in [0.4, 0.5) is 5.69 Å². The van der Waals surface area contributed by atoms with Gasteiger partial charge in [0.15, 0.2) is 0 Å². The number of para-hydroxylation sites is 1. The Kier molecular flexibility index (Phi) is 3.64. The number of carbonyl (C=O) groups excluding carboxylic acids is 2. The summed E-state index contributed by atoms with van der Waals surface area (Å²) in [4.78, 5) is 28.6. The van der Waals surface area contributed by atoms with Gasteiger partial charge in [-0.1, -0.05) is 18.2 Å². The second-order valence-corrected chi connectivity index (χ2v) is 9.56. The maximum Gasteiger partial charge on any atom is 0.356 e. The van der Waals surface area contributed by atoms with E-state index in [0.717, 1.165) is 43.0 Å². The fraction of sp³-hybridized carbons (Fsp3) is 0.524. The highest BCUT2D eigenvalue weighted by molar-refractivity contribution is 6.24. The Morgan fingerprint density at radius 1 is 1.19 bits per heavy atom. The van der Waals surface area contributed by atoms with E-state index in [0.29, 0.717) is 17.5 Å². The first-order chi connectivity index (χ1) is 12.9. The van der Waals surface area contributed by atoms with Gasteiger partial charge in [0, 0.05) is 15.8 Å². The van der Waals surface area contributed by atoms with Gasteiger partial charge in [-0.15, -0.1) is 11.6 Å². The fourth-order valence-corrected chi connectivity index (χ4v) is 6.88. The molecule has 2 unspecified atom stereocenters. The highest BCUT2D eigenvalue weighted by Crippen LogP contribution is 2.64. The van der Waals surface area contributed by atoms with Crippen molar-refractivity contribution in [3.63, 3.8) is 0 Å². The number of halogens is 1. The zero-order valence-corrected chi connectivity index (χ0v) is 16.1. The number of amides is 1. The molecule has 4 bridgehead atoms. The number of nitrogens with one attached hydrogen (secondary N) is 2. The molecule has 142 valence electrons. The number of anilines is 1. The van der Waals surface area contributed by atoms with E-state index in [2.05, 4.69) is 10.3 Å². The van der Waals surface area contributed by atoms with Crippen LogP contribution >= 0.6 is 11.6 Å². The molecule has 2 atom stereocenters. The van der Waals surface area contributed by atoms with Crippen LogP contribution in [0, 0.1) is 17.3 Å². The highest BCUT2D eigenvalue weighted by Gasteiger charge is 2.60. The Bertz CT molecular complexity index is 936. The van der Waals surface area contributed by atoms with Crippen molar-refractivity contribution >= 4 is 40.1 Å². The fourth-order valence-electron chi connectivity index (χ4n) is 6.19. The standard InChI is InChI=1S/C21H23ClN2O3/c1-27-18(25)17-16(14-4-2-3-5-15(14)23-17)24-19(26)20-7-12-6-13(8-20)10-21(22,9-12)11-20/h2-5,12-13,23H,6-11H2,1H3,(H,24,26). The molecule has 6 rings (SSSR count). The van der Waals surface area contributed by atoms with Crippen LogP contribution in [-0.4, -0.2) is 28.8 Å². The topological polar surface area (TPSA) is 71.2 Å². The molecule has 0 radical (unpaired) electrons. The molecule has 1 heterocycles. The Morgan fingerprint density at radius 2 is 1.89 bits per heavy atom. The van der Waals surface area contributed by atoms with E-state index in [1.807, 2.05) is 24.3 Å². The third-order valence-electron chi connectivity index (χ3n) is 6.81. The summed E-state index contributed by atoms with van der Waals surface area (Å²) in [7, 11) is 1.34. The molecule has 0 spiro atoms. The molecule has 1 aromatic heterocycles. The number of esters is 1. The third kappa shape index (κ3) is 2.59. The van der Waals surface area contributed by atoms with Crippen molar-refractivity contribution in [2.45, 2.75) is 43.4 Å². The van der Waals surface area contributed by atoms with E-state index in [1.54, 1.807) is 0 Å². The average molecular weight is 387 g/mol. The molecule has 1 aromatic carbocycles. The second kappa shape index (κ2) is 5.74. The van der Waals surface area contributed by atoms with Crippen molar-refractivity contribution in [2.24, 2.45) is 17.3 Å². The van der Waals surface area contributed by atoms with Crippen molar-refractivity contribution in [1.82, 2.24) is 4.98 Å². The lowest BCUT2D eigenvalue weighted by Gasteiger charge is -2.59. The number of methoxy groups -OCH3 is 1. The van der Waals surface area contributed by atoms with E-state index >= 15 is 0 Å². The highest BCUT2D eigenvalue weighted by atomic mass is 35.5. The Morgan fingerprint density at radius 3 is 2.56 bits per heavy atom. The number of aromatic amines is 1. The summed E-state index contributed by atoms with van der Waals surface area (Å²) in [5.74, 6) is 0.590. The number of carbonyl (C=O) groups is 2. The van der Waals surface area contributed by atoms with Crippen molar-refractivity contribution in [2.75, 3.05) is 12.4 Å². The minimum Gasteiger partial charge on any atom is -0.464 e. The summed E-state index contributed by atoms with van der Waals surface area (Å²) in [6.07, 6.45) is 5.79. The van der Waals surface area contributed by atoms with Gasteiger partial charge in [-0.2, -0.15) is 0 Å². The number of ether oxygens (including phenoxy) is 1. The molecule has 4 aliphatic rings. The van der Waals surface area contributed by atoms with Crippen LogP contribution in [0.5, 0.6) is 0 Å². The molecule has 0 aliphatic heterocycles. The molecule has 27 heavy (non-hydrogen) atoms. The number of fused-ring (bicyclic) bond motifs is 1. The van der Waals surface area contributed by atoms with Gasteiger partial charge in [0.2, 0.25) is 5.91 Å². The summed E-state index contributed by atoms with van der Waals surface area (Å²) >= 11 is 6.89. The number of benzene rings is 1. The largest absolute Gasteiger partial charge is 0.464 e. The molecular formula is C21H23ClN2O3. The van der Waals surface area contributed by atoms with Crippen molar-refractivity contribution in [3.05, 3.63) is 30.0 Å². The first-order valence-corrected chi connectivity index (χ1v) is 9.99. The first kappa shape index (κ1) is 17.1. The average Bonchev–Trinajstić information content (AvgIpc) is 2.97. The number of aromatic nitrogens is 1. The third-order valence-corrected chi connectivity index (χ3v) is 7.25. The van der Waals surface area contributed by atoms with E-state index in [9.17, 15) is 9.59 Å². The van der Waals surface area contributed by atoms with E-state index in [-0.39, 0.29) is 16.5 Å². The zero-order chi connectivity index (χ0) is 18.8. The maximum absolute atomic E-state index is 13.5. The predicted octanol–water partition coefficient (Wildman–Crippen LogP) is 4.47. The summed E-state index contributed by atoms with van der Waals surface area (Å²) in [5.41, 5.74) is 1.18. The maximum atomic E-state index is 13.5. The monoisotopic (exact) mass is 386 g/mol. The SMILES string of the molecule is COC(=O)c1[nH]c2ccccc2c1NC(=O)C12CC3CC(CC(Cl)(C3)C1)C2. The number of rotatable bonds is 3. The molecule has 4 fully saturated rings. The van der Waals surface area contributed by atoms with Crippen LogP contribution in [0.15, 0.2) is 24.3 Å². The molecule has 0 saturated heterocycles. The Balaban J connectivity index is 1.52. The van der Waals surface area contributed by atoms with Crippen LogP contribution in [0.1, 0.15) is 49.0 Å². The van der Waals surface area contributed by atoms with Crippen molar-refractivity contribution in [3.8, 4) is 0 Å². The van der Waals surface area contributed by atoms with Gasteiger partial charge in [0.05, 0.1) is 18.2 Å². The molecule has 4 saturated carbocycles. The van der Waals surface area contributed by atoms with Crippen LogP contribution in [0.25, 0.3) is 10.9 Å². The lowest BCUT2D eigenvalue weighted by atomic mass is 9.49. The van der Waals surface area contributed by atoms with Gasteiger partial charge in [0.1, 0.15) is 5.69 Å². The summed E-state index contributed by atoms with van der Waals surface area (Å²) in [5, 5.41) is 3.91. The quantitative estimate of drug-likeness (QED) is 0.603. The number of hydrogen-bond donors (Lipinski definition) is 2. The molecular weight excluding hydrogens is 364 g/mol.